The first-order valence-corrected chi connectivity index (χ1v) is 10.0. The second kappa shape index (κ2) is 8.33. The molecule has 4 aliphatic rings. The van der Waals surface area contributed by atoms with Crippen molar-refractivity contribution in [3.8, 4) is 0 Å². The molecule has 0 saturated carbocycles. The van der Waals surface area contributed by atoms with E-state index in [1.54, 1.807) is 0 Å². The van der Waals surface area contributed by atoms with E-state index in [1.807, 2.05) is 4.90 Å². The molecule has 0 aromatic heterocycles. The van der Waals surface area contributed by atoms with Gasteiger partial charge in [-0.3, -0.25) is 4.79 Å². The van der Waals surface area contributed by atoms with Gasteiger partial charge in [0.1, 0.15) is 0 Å². The number of carbonyl (C=O) groups is 1. The molecule has 4 aliphatic heterocycles. The molecule has 0 aromatic carbocycles. The van der Waals surface area contributed by atoms with Crippen LogP contribution >= 0.6 is 0 Å². The molecule has 142 valence electrons. The van der Waals surface area contributed by atoms with E-state index in [2.05, 4.69) is 4.90 Å². The van der Waals surface area contributed by atoms with Crippen LogP contribution in [0.4, 0.5) is 0 Å². The predicted octanol–water partition coefficient (Wildman–Crippen LogP) is 0.856. The lowest BCUT2D eigenvalue weighted by atomic mass is 9.81. The maximum Gasteiger partial charge on any atom is 0.223 e. The third-order valence-corrected chi connectivity index (χ3v) is 6.49. The zero-order chi connectivity index (χ0) is 17.1. The molecule has 0 spiro atoms. The van der Waals surface area contributed by atoms with Crippen molar-refractivity contribution < 1.29 is 19.0 Å². The molecule has 4 heterocycles. The molecule has 3 atom stereocenters. The molecule has 6 heteroatoms. The summed E-state index contributed by atoms with van der Waals surface area (Å²) in [5.74, 6) is 2.69. The highest BCUT2D eigenvalue weighted by atomic mass is 16.5. The highest BCUT2D eigenvalue weighted by molar-refractivity contribution is 5.76. The standard InChI is InChI=1S/C19H32N2O4/c22-19(21-3-7-24-8-4-21)9-16-13-25-14-17-11-20(12-18(16)17)10-15-1-5-23-6-2-15/h15-18H,1-14H2/t16-,17-,18+/m1/s1. The molecule has 0 unspecified atom stereocenters. The molecule has 0 bridgehead atoms. The zero-order valence-corrected chi connectivity index (χ0v) is 15.2. The van der Waals surface area contributed by atoms with Crippen molar-refractivity contribution >= 4 is 5.91 Å². The number of ether oxygens (including phenoxy) is 3. The van der Waals surface area contributed by atoms with Crippen molar-refractivity contribution in [1.82, 2.24) is 9.80 Å². The summed E-state index contributed by atoms with van der Waals surface area (Å²) in [7, 11) is 0. The molecular weight excluding hydrogens is 320 g/mol. The van der Waals surface area contributed by atoms with Gasteiger partial charge in [0.2, 0.25) is 5.91 Å². The van der Waals surface area contributed by atoms with Crippen molar-refractivity contribution in [3.05, 3.63) is 0 Å². The fraction of sp³-hybridized carbons (Fsp3) is 0.947. The summed E-state index contributed by atoms with van der Waals surface area (Å²) < 4.78 is 16.7. The smallest absolute Gasteiger partial charge is 0.223 e. The van der Waals surface area contributed by atoms with Gasteiger partial charge in [-0.05, 0) is 36.5 Å². The summed E-state index contributed by atoms with van der Waals surface area (Å²) in [6, 6.07) is 0. The monoisotopic (exact) mass is 352 g/mol. The van der Waals surface area contributed by atoms with Crippen molar-refractivity contribution in [2.24, 2.45) is 23.7 Å². The summed E-state index contributed by atoms with van der Waals surface area (Å²) in [4.78, 5) is 17.2. The van der Waals surface area contributed by atoms with Crippen LogP contribution in [-0.4, -0.2) is 88.1 Å². The summed E-state index contributed by atoms with van der Waals surface area (Å²) in [6.07, 6.45) is 3.04. The Morgan fingerprint density at radius 3 is 2.48 bits per heavy atom. The van der Waals surface area contributed by atoms with Gasteiger partial charge in [-0.2, -0.15) is 0 Å². The Kier molecular flexibility index (Phi) is 5.90. The number of morpholine rings is 1. The number of likely N-dealkylation sites (tertiary alicyclic amines) is 1. The van der Waals surface area contributed by atoms with Crippen molar-refractivity contribution in [3.63, 3.8) is 0 Å². The van der Waals surface area contributed by atoms with Crippen LogP contribution < -0.4 is 0 Å². The number of amides is 1. The Balaban J connectivity index is 1.30. The van der Waals surface area contributed by atoms with E-state index in [4.69, 9.17) is 14.2 Å². The molecule has 6 nitrogen and oxygen atoms in total. The van der Waals surface area contributed by atoms with E-state index in [1.165, 1.54) is 19.4 Å². The Labute approximate surface area is 150 Å². The van der Waals surface area contributed by atoms with Gasteiger partial charge in [0.25, 0.3) is 0 Å². The van der Waals surface area contributed by atoms with E-state index in [9.17, 15) is 4.79 Å². The van der Waals surface area contributed by atoms with Crippen molar-refractivity contribution in [1.29, 1.82) is 0 Å². The Morgan fingerprint density at radius 2 is 1.68 bits per heavy atom. The minimum absolute atomic E-state index is 0.292. The molecule has 0 N–H and O–H groups in total. The van der Waals surface area contributed by atoms with Gasteiger partial charge in [-0.1, -0.05) is 0 Å². The number of nitrogens with zero attached hydrogens (tertiary/aromatic N) is 2. The van der Waals surface area contributed by atoms with Crippen LogP contribution in [0.15, 0.2) is 0 Å². The van der Waals surface area contributed by atoms with Crippen LogP contribution in [0.3, 0.4) is 0 Å². The fourth-order valence-electron chi connectivity index (χ4n) is 5.01. The molecule has 0 aromatic rings. The molecule has 4 saturated heterocycles. The lowest BCUT2D eigenvalue weighted by Crippen LogP contribution is -2.44. The normalized spacial score (nSPS) is 34.9. The highest BCUT2D eigenvalue weighted by Gasteiger charge is 2.42. The maximum atomic E-state index is 12.6. The predicted molar refractivity (Wildman–Crippen MR) is 93.3 cm³/mol. The van der Waals surface area contributed by atoms with Crippen LogP contribution in [0.25, 0.3) is 0 Å². The van der Waals surface area contributed by atoms with E-state index in [-0.39, 0.29) is 0 Å². The fourth-order valence-corrected chi connectivity index (χ4v) is 5.01. The first-order chi connectivity index (χ1) is 12.3. The number of hydrogen-bond donors (Lipinski definition) is 0. The zero-order valence-electron chi connectivity index (χ0n) is 15.2. The minimum atomic E-state index is 0.292. The molecule has 1 amide bonds. The topological polar surface area (TPSA) is 51.2 Å². The molecule has 4 rings (SSSR count). The second-order valence-electron chi connectivity index (χ2n) is 8.19. The van der Waals surface area contributed by atoms with Gasteiger partial charge in [-0.25, -0.2) is 0 Å². The summed E-state index contributed by atoms with van der Waals surface area (Å²) in [6.45, 7) is 9.80. The SMILES string of the molecule is O=C(C[C@@H]1COC[C@H]2CN(CC3CCOCC3)C[C@@H]12)N1CCOCC1. The van der Waals surface area contributed by atoms with E-state index < -0.39 is 0 Å². The Hall–Kier alpha value is -0.690. The van der Waals surface area contributed by atoms with Gasteiger partial charge in [0, 0.05) is 52.4 Å². The van der Waals surface area contributed by atoms with Crippen molar-refractivity contribution in [2.45, 2.75) is 19.3 Å². The number of rotatable bonds is 4. The van der Waals surface area contributed by atoms with Gasteiger partial charge in [0.05, 0.1) is 26.4 Å². The summed E-state index contributed by atoms with van der Waals surface area (Å²) in [5, 5.41) is 0. The molecule has 0 aliphatic carbocycles. The van der Waals surface area contributed by atoms with Crippen LogP contribution in [-0.2, 0) is 19.0 Å². The van der Waals surface area contributed by atoms with Crippen LogP contribution in [0.1, 0.15) is 19.3 Å². The quantitative estimate of drug-likeness (QED) is 0.751. The Morgan fingerprint density at radius 1 is 0.920 bits per heavy atom. The third kappa shape index (κ3) is 4.35. The molecule has 25 heavy (non-hydrogen) atoms. The van der Waals surface area contributed by atoms with E-state index in [0.717, 1.165) is 58.5 Å². The minimum Gasteiger partial charge on any atom is -0.381 e. The average molecular weight is 352 g/mol. The average Bonchev–Trinajstić information content (AvgIpc) is 3.07. The van der Waals surface area contributed by atoms with E-state index in [0.29, 0.717) is 43.3 Å². The largest absolute Gasteiger partial charge is 0.381 e. The van der Waals surface area contributed by atoms with Gasteiger partial charge in [-0.15, -0.1) is 0 Å². The van der Waals surface area contributed by atoms with Crippen LogP contribution in [0, 0.1) is 23.7 Å². The molecular formula is C19H32N2O4. The highest BCUT2D eigenvalue weighted by Crippen LogP contribution is 2.36. The van der Waals surface area contributed by atoms with Crippen LogP contribution in [0.5, 0.6) is 0 Å². The third-order valence-electron chi connectivity index (χ3n) is 6.49. The lowest BCUT2D eigenvalue weighted by molar-refractivity contribution is -0.138. The molecule has 4 fully saturated rings. The van der Waals surface area contributed by atoms with Crippen LogP contribution in [0.2, 0.25) is 0 Å². The molecule has 0 radical (unpaired) electrons. The maximum absolute atomic E-state index is 12.6. The van der Waals surface area contributed by atoms with Gasteiger partial charge >= 0.3 is 0 Å². The first kappa shape index (κ1) is 17.7. The van der Waals surface area contributed by atoms with Gasteiger partial charge < -0.3 is 24.0 Å². The number of fused-ring (bicyclic) bond motifs is 1. The number of hydrogen-bond acceptors (Lipinski definition) is 5. The lowest BCUT2D eigenvalue weighted by Gasteiger charge is -2.35. The van der Waals surface area contributed by atoms with E-state index >= 15 is 0 Å². The van der Waals surface area contributed by atoms with Crippen molar-refractivity contribution in [2.75, 3.05) is 72.4 Å². The summed E-state index contributed by atoms with van der Waals surface area (Å²) in [5.41, 5.74) is 0. The van der Waals surface area contributed by atoms with Gasteiger partial charge in [0.15, 0.2) is 0 Å². The second-order valence-corrected chi connectivity index (χ2v) is 8.19. The summed E-state index contributed by atoms with van der Waals surface area (Å²) >= 11 is 0. The number of carbonyl (C=O) groups excluding carboxylic acids is 1. The Bertz CT molecular complexity index is 449. The first-order valence-electron chi connectivity index (χ1n) is 10.0.